The van der Waals surface area contributed by atoms with E-state index in [9.17, 15) is 14.0 Å². The van der Waals surface area contributed by atoms with Gasteiger partial charge >= 0.3 is 6.09 Å². The van der Waals surface area contributed by atoms with E-state index < -0.39 is 18.0 Å². The fourth-order valence-corrected chi connectivity index (χ4v) is 4.21. The van der Waals surface area contributed by atoms with Crippen molar-refractivity contribution in [3.05, 3.63) is 70.8 Å². The Balaban J connectivity index is 1.38. The van der Waals surface area contributed by atoms with Crippen molar-refractivity contribution in [2.45, 2.75) is 40.0 Å². The number of nitrogens with one attached hydrogen (secondary N) is 2. The van der Waals surface area contributed by atoms with Gasteiger partial charge in [0.1, 0.15) is 11.9 Å². The number of benzene rings is 2. The summed E-state index contributed by atoms with van der Waals surface area (Å²) in [5.74, 6) is -0.621. The van der Waals surface area contributed by atoms with Gasteiger partial charge in [0.15, 0.2) is 0 Å². The molecule has 8 nitrogen and oxygen atoms in total. The number of aromatic nitrogens is 2. The van der Waals surface area contributed by atoms with Crippen LogP contribution in [0, 0.1) is 19.7 Å². The van der Waals surface area contributed by atoms with Crippen LogP contribution < -0.4 is 15.5 Å². The molecule has 1 atom stereocenters. The molecule has 4 rings (SSSR count). The summed E-state index contributed by atoms with van der Waals surface area (Å²) < 4.78 is 22.1. The average Bonchev–Trinajstić information content (AvgIpc) is 3.31. The predicted molar refractivity (Wildman–Crippen MR) is 131 cm³/mol. The maximum Gasteiger partial charge on any atom is 0.414 e. The van der Waals surface area contributed by atoms with Crippen molar-refractivity contribution in [1.29, 1.82) is 0 Å². The van der Waals surface area contributed by atoms with Crippen LogP contribution in [0.3, 0.4) is 0 Å². The Labute approximate surface area is 204 Å². The van der Waals surface area contributed by atoms with Crippen LogP contribution >= 0.6 is 0 Å². The van der Waals surface area contributed by atoms with Crippen molar-refractivity contribution in [2.75, 3.05) is 18.0 Å². The molecule has 2 aromatic carbocycles. The van der Waals surface area contributed by atoms with Crippen molar-refractivity contribution >= 4 is 17.7 Å². The van der Waals surface area contributed by atoms with Gasteiger partial charge in [0.25, 0.3) is 0 Å². The van der Waals surface area contributed by atoms with Gasteiger partial charge in [0, 0.05) is 43.9 Å². The zero-order valence-electron chi connectivity index (χ0n) is 20.4. The molecule has 184 valence electrons. The maximum absolute atomic E-state index is 15.0. The van der Waals surface area contributed by atoms with Crippen molar-refractivity contribution in [3.8, 4) is 11.1 Å². The number of carbonyl (C=O) groups excluding carboxylic acids is 2. The summed E-state index contributed by atoms with van der Waals surface area (Å²) in [5.41, 5.74) is 6.10. The largest absolute Gasteiger partial charge is 0.442 e. The molecule has 2 heterocycles. The third kappa shape index (κ3) is 5.51. The fraction of sp³-hybridized carbons (Fsp3) is 0.346. The van der Waals surface area contributed by atoms with E-state index in [1.807, 2.05) is 42.9 Å². The van der Waals surface area contributed by atoms with Crippen LogP contribution in [-0.2, 0) is 29.7 Å². The maximum atomic E-state index is 15.0. The molecule has 9 heteroatoms. The SMILES string of the molecule is CC(=O)NC[C@H]1CN(c2ccc(-c3ccc(CNCc4c(C)nn(C)c4C)cc3)c(F)c2)C(=O)O1. The Morgan fingerprint density at radius 3 is 2.54 bits per heavy atom. The van der Waals surface area contributed by atoms with Crippen molar-refractivity contribution in [3.63, 3.8) is 0 Å². The van der Waals surface area contributed by atoms with Crippen LogP contribution in [0.2, 0.25) is 0 Å². The molecule has 1 aromatic heterocycles. The molecule has 2 amide bonds. The summed E-state index contributed by atoms with van der Waals surface area (Å²) in [5, 5.41) is 10.5. The van der Waals surface area contributed by atoms with Gasteiger partial charge in [-0.15, -0.1) is 0 Å². The van der Waals surface area contributed by atoms with Crippen molar-refractivity contribution in [1.82, 2.24) is 20.4 Å². The lowest BCUT2D eigenvalue weighted by molar-refractivity contribution is -0.119. The minimum Gasteiger partial charge on any atom is -0.442 e. The Morgan fingerprint density at radius 2 is 1.91 bits per heavy atom. The number of aryl methyl sites for hydroxylation is 2. The van der Waals surface area contributed by atoms with Gasteiger partial charge < -0.3 is 15.4 Å². The standard InChI is InChI=1S/C26H30FN5O3/c1-16-24(17(2)31(4)30-16)14-28-12-19-5-7-20(8-6-19)23-10-9-21(11-25(23)27)32-15-22(35-26(32)34)13-29-18(3)33/h5-11,22,28H,12-15H2,1-4H3,(H,29,33)/t22-/m0/s1. The normalized spacial score (nSPS) is 15.4. The molecule has 1 saturated heterocycles. The highest BCUT2D eigenvalue weighted by Gasteiger charge is 2.32. The lowest BCUT2D eigenvalue weighted by Crippen LogP contribution is -2.33. The number of nitrogens with zero attached hydrogens (tertiary/aromatic N) is 3. The minimum absolute atomic E-state index is 0.199. The quantitative estimate of drug-likeness (QED) is 0.516. The summed E-state index contributed by atoms with van der Waals surface area (Å²) in [4.78, 5) is 24.7. The summed E-state index contributed by atoms with van der Waals surface area (Å²) in [6.45, 7) is 7.35. The summed E-state index contributed by atoms with van der Waals surface area (Å²) in [6, 6.07) is 12.4. The average molecular weight is 480 g/mol. The lowest BCUT2D eigenvalue weighted by Gasteiger charge is -2.15. The number of rotatable bonds is 8. The van der Waals surface area contributed by atoms with Crippen LogP contribution in [0.5, 0.6) is 0 Å². The number of cyclic esters (lactones) is 1. The Hall–Kier alpha value is -3.72. The monoisotopic (exact) mass is 479 g/mol. The van der Waals surface area contributed by atoms with Crippen molar-refractivity contribution in [2.24, 2.45) is 7.05 Å². The van der Waals surface area contributed by atoms with E-state index in [0.29, 0.717) is 17.8 Å². The van der Waals surface area contributed by atoms with Crippen LogP contribution in [0.15, 0.2) is 42.5 Å². The van der Waals surface area contributed by atoms with Crippen molar-refractivity contribution < 1.29 is 18.7 Å². The summed E-state index contributed by atoms with van der Waals surface area (Å²) in [7, 11) is 1.94. The number of amides is 2. The van der Waals surface area contributed by atoms with Crippen LogP contribution in [-0.4, -0.2) is 41.0 Å². The highest BCUT2D eigenvalue weighted by Crippen LogP contribution is 2.29. The third-order valence-corrected chi connectivity index (χ3v) is 6.27. The second-order valence-corrected chi connectivity index (χ2v) is 8.79. The van der Waals surface area contributed by atoms with Crippen LogP contribution in [0.1, 0.15) is 29.4 Å². The van der Waals surface area contributed by atoms with E-state index in [0.717, 1.165) is 29.1 Å². The Bertz CT molecular complexity index is 1240. The molecule has 2 N–H and O–H groups in total. The first kappa shape index (κ1) is 24.4. The number of halogens is 1. The van der Waals surface area contributed by atoms with E-state index in [2.05, 4.69) is 22.7 Å². The molecular formula is C26H30FN5O3. The minimum atomic E-state index is -0.555. The lowest BCUT2D eigenvalue weighted by atomic mass is 10.0. The topological polar surface area (TPSA) is 88.5 Å². The third-order valence-electron chi connectivity index (χ3n) is 6.27. The molecule has 0 radical (unpaired) electrons. The first-order chi connectivity index (χ1) is 16.7. The van der Waals surface area contributed by atoms with Gasteiger partial charge in [-0.05, 0) is 43.2 Å². The molecule has 0 unspecified atom stereocenters. The van der Waals surface area contributed by atoms with E-state index in [-0.39, 0.29) is 19.0 Å². The molecular weight excluding hydrogens is 449 g/mol. The first-order valence-corrected chi connectivity index (χ1v) is 11.5. The molecule has 1 aliphatic heterocycles. The Kier molecular flexibility index (Phi) is 7.16. The van der Waals surface area contributed by atoms with E-state index in [1.54, 1.807) is 12.1 Å². The molecule has 3 aromatic rings. The summed E-state index contributed by atoms with van der Waals surface area (Å²) >= 11 is 0. The highest BCUT2D eigenvalue weighted by atomic mass is 19.1. The highest BCUT2D eigenvalue weighted by molar-refractivity contribution is 5.90. The number of hydrogen-bond donors (Lipinski definition) is 2. The van der Waals surface area contributed by atoms with Crippen LogP contribution in [0.25, 0.3) is 11.1 Å². The molecule has 1 aliphatic rings. The second kappa shape index (κ2) is 10.3. The van der Waals surface area contributed by atoms with E-state index in [4.69, 9.17) is 4.74 Å². The second-order valence-electron chi connectivity index (χ2n) is 8.79. The smallest absolute Gasteiger partial charge is 0.414 e. The van der Waals surface area contributed by atoms with Gasteiger partial charge in [-0.1, -0.05) is 24.3 Å². The fourth-order valence-electron chi connectivity index (χ4n) is 4.21. The van der Waals surface area contributed by atoms with Gasteiger partial charge in [0.05, 0.1) is 24.5 Å². The first-order valence-electron chi connectivity index (χ1n) is 11.5. The number of carbonyl (C=O) groups is 2. The zero-order valence-corrected chi connectivity index (χ0v) is 20.4. The zero-order chi connectivity index (χ0) is 25.1. The van der Waals surface area contributed by atoms with Gasteiger partial charge in [-0.25, -0.2) is 9.18 Å². The molecule has 0 spiro atoms. The van der Waals surface area contributed by atoms with Crippen LogP contribution in [0.4, 0.5) is 14.9 Å². The van der Waals surface area contributed by atoms with Gasteiger partial charge in [0.2, 0.25) is 5.91 Å². The molecule has 35 heavy (non-hydrogen) atoms. The number of anilines is 1. The van der Waals surface area contributed by atoms with Gasteiger partial charge in [-0.3, -0.25) is 14.4 Å². The number of hydrogen-bond acceptors (Lipinski definition) is 5. The summed E-state index contributed by atoms with van der Waals surface area (Å²) in [6.07, 6.45) is -1.03. The van der Waals surface area contributed by atoms with E-state index in [1.165, 1.54) is 23.5 Å². The van der Waals surface area contributed by atoms with E-state index >= 15 is 0 Å². The predicted octanol–water partition coefficient (Wildman–Crippen LogP) is 3.59. The number of ether oxygens (including phenoxy) is 1. The molecule has 0 saturated carbocycles. The molecule has 1 fully saturated rings. The molecule has 0 bridgehead atoms. The van der Waals surface area contributed by atoms with Gasteiger partial charge in [-0.2, -0.15) is 5.10 Å². The Morgan fingerprint density at radius 1 is 1.17 bits per heavy atom. The molecule has 0 aliphatic carbocycles.